The number of methoxy groups -OCH3 is 4. The topological polar surface area (TPSA) is 83.8 Å². The molecule has 0 radical (unpaired) electrons. The first-order valence-corrected chi connectivity index (χ1v) is 11.2. The van der Waals surface area contributed by atoms with Crippen molar-refractivity contribution in [1.82, 2.24) is 9.55 Å². The van der Waals surface area contributed by atoms with E-state index in [9.17, 15) is 13.6 Å². The molecule has 3 rings (SSSR count). The average molecular weight is 518 g/mol. The van der Waals surface area contributed by atoms with E-state index >= 15 is 0 Å². The van der Waals surface area contributed by atoms with Crippen LogP contribution in [0.3, 0.4) is 0 Å². The summed E-state index contributed by atoms with van der Waals surface area (Å²) in [5.41, 5.74) is 1.44. The predicted molar refractivity (Wildman–Crippen MR) is 140 cm³/mol. The van der Waals surface area contributed by atoms with Gasteiger partial charge in [0.05, 0.1) is 34.1 Å². The molecule has 3 aromatic rings. The van der Waals surface area contributed by atoms with Gasteiger partial charge in [0.1, 0.15) is 23.1 Å². The zero-order valence-corrected chi connectivity index (χ0v) is 21.9. The van der Waals surface area contributed by atoms with Crippen molar-refractivity contribution >= 4 is 11.8 Å². The number of allylic oxidation sites excluding steroid dienone is 2. The Morgan fingerprint density at radius 1 is 1.05 bits per heavy atom. The van der Waals surface area contributed by atoms with E-state index in [1.807, 2.05) is 19.9 Å². The number of nitrogens with one attached hydrogen (secondary N) is 1. The molecule has 0 amide bonds. The normalized spacial score (nSPS) is 9.51. The second-order valence-corrected chi connectivity index (χ2v) is 6.78. The Labute approximate surface area is 216 Å². The van der Waals surface area contributed by atoms with E-state index in [2.05, 4.69) is 23.5 Å². The van der Waals surface area contributed by atoms with Crippen molar-refractivity contribution in [2.75, 3.05) is 33.8 Å². The Morgan fingerprint density at radius 3 is 2.16 bits per heavy atom. The van der Waals surface area contributed by atoms with Crippen LogP contribution >= 0.6 is 0 Å². The number of hydrogen-bond acceptors (Lipinski definition) is 7. The second kappa shape index (κ2) is 15.6. The van der Waals surface area contributed by atoms with Crippen molar-refractivity contribution < 1.29 is 32.5 Å². The molecule has 0 spiro atoms. The van der Waals surface area contributed by atoms with E-state index in [4.69, 9.17) is 18.9 Å². The highest BCUT2D eigenvalue weighted by Gasteiger charge is 2.26. The molecule has 0 saturated heterocycles. The standard InChI is InChI=1S/C21H22FN3O5.C4H5F.C2H6/c1-27-16-10-5-13(17(11-16)28-2)12-23-19-18(20(26)29-3)25(21(24-19)30-4)15-8-6-14(22)7-9-15;1-3-4(2)5;1-2/h5-11,23H,12H2,1-4H3;3H,1-2H2;1-2H3. The van der Waals surface area contributed by atoms with Gasteiger partial charge in [0, 0.05) is 18.2 Å². The van der Waals surface area contributed by atoms with Crippen LogP contribution in [0.25, 0.3) is 5.69 Å². The fourth-order valence-electron chi connectivity index (χ4n) is 2.95. The quantitative estimate of drug-likeness (QED) is 0.270. The molecular weight excluding hydrogens is 484 g/mol. The maximum atomic E-state index is 13.4. The van der Waals surface area contributed by atoms with Crippen LogP contribution in [0.5, 0.6) is 17.5 Å². The Balaban J connectivity index is 0.000000874. The summed E-state index contributed by atoms with van der Waals surface area (Å²) in [5, 5.41) is 3.13. The Morgan fingerprint density at radius 2 is 1.68 bits per heavy atom. The molecule has 1 aromatic heterocycles. The molecule has 0 bridgehead atoms. The van der Waals surface area contributed by atoms with Crippen LogP contribution in [0.1, 0.15) is 29.9 Å². The van der Waals surface area contributed by atoms with E-state index in [-0.39, 0.29) is 17.5 Å². The lowest BCUT2D eigenvalue weighted by Gasteiger charge is -2.12. The molecule has 8 nitrogen and oxygen atoms in total. The number of halogens is 2. The molecule has 200 valence electrons. The Hall–Kier alpha value is -4.34. The summed E-state index contributed by atoms with van der Waals surface area (Å²) >= 11 is 0. The zero-order valence-electron chi connectivity index (χ0n) is 21.9. The van der Waals surface area contributed by atoms with Gasteiger partial charge in [0.25, 0.3) is 0 Å². The van der Waals surface area contributed by atoms with Crippen LogP contribution in [-0.4, -0.2) is 44.0 Å². The van der Waals surface area contributed by atoms with E-state index in [1.165, 1.54) is 43.1 Å². The lowest BCUT2D eigenvalue weighted by Crippen LogP contribution is -2.13. The summed E-state index contributed by atoms with van der Waals surface area (Å²) in [4.78, 5) is 16.9. The third kappa shape index (κ3) is 8.38. The van der Waals surface area contributed by atoms with E-state index in [1.54, 1.807) is 26.4 Å². The number of aromatic nitrogens is 2. The van der Waals surface area contributed by atoms with Crippen LogP contribution < -0.4 is 19.5 Å². The molecule has 0 saturated carbocycles. The third-order valence-corrected chi connectivity index (χ3v) is 4.65. The minimum Gasteiger partial charge on any atom is -0.497 e. The van der Waals surface area contributed by atoms with Gasteiger partial charge in [-0.05, 0) is 42.5 Å². The first kappa shape index (κ1) is 30.7. The third-order valence-electron chi connectivity index (χ3n) is 4.65. The highest BCUT2D eigenvalue weighted by Crippen LogP contribution is 2.30. The summed E-state index contributed by atoms with van der Waals surface area (Å²) in [6.45, 7) is 10.3. The van der Waals surface area contributed by atoms with Crippen LogP contribution in [0.2, 0.25) is 0 Å². The van der Waals surface area contributed by atoms with E-state index in [0.29, 0.717) is 23.7 Å². The number of benzene rings is 2. The van der Waals surface area contributed by atoms with Gasteiger partial charge in [-0.2, -0.15) is 4.98 Å². The van der Waals surface area contributed by atoms with Crippen molar-refractivity contribution in [3.8, 4) is 23.2 Å². The zero-order chi connectivity index (χ0) is 28.0. The molecule has 0 fully saturated rings. The van der Waals surface area contributed by atoms with Gasteiger partial charge in [-0.15, -0.1) is 0 Å². The number of nitrogens with zero attached hydrogens (tertiary/aromatic N) is 2. The average Bonchev–Trinajstić information content (AvgIpc) is 3.31. The van der Waals surface area contributed by atoms with Gasteiger partial charge >= 0.3 is 12.0 Å². The molecule has 0 unspecified atom stereocenters. The molecule has 37 heavy (non-hydrogen) atoms. The van der Waals surface area contributed by atoms with Gasteiger partial charge in [-0.3, -0.25) is 4.57 Å². The molecular formula is C27H33F2N3O5. The summed E-state index contributed by atoms with van der Waals surface area (Å²) in [6, 6.07) is 11.2. The minimum atomic E-state index is -0.626. The lowest BCUT2D eigenvalue weighted by atomic mass is 10.2. The minimum absolute atomic E-state index is 0.119. The van der Waals surface area contributed by atoms with Crippen LogP contribution in [0.15, 0.2) is 67.5 Å². The lowest BCUT2D eigenvalue weighted by molar-refractivity contribution is 0.0592. The van der Waals surface area contributed by atoms with Crippen molar-refractivity contribution in [2.45, 2.75) is 20.4 Å². The van der Waals surface area contributed by atoms with E-state index in [0.717, 1.165) is 11.6 Å². The number of hydrogen-bond donors (Lipinski definition) is 1. The van der Waals surface area contributed by atoms with Crippen molar-refractivity contribution in [3.63, 3.8) is 0 Å². The first-order chi connectivity index (χ1) is 17.8. The number of rotatable bonds is 9. The molecule has 0 aliphatic heterocycles. The molecule has 1 N–H and O–H groups in total. The number of carbonyl (C=O) groups excluding carboxylic acids is 1. The summed E-state index contributed by atoms with van der Waals surface area (Å²) in [6.07, 6.45) is 1.06. The number of esters is 1. The predicted octanol–water partition coefficient (Wildman–Crippen LogP) is 6.12. The van der Waals surface area contributed by atoms with Crippen LogP contribution in [-0.2, 0) is 11.3 Å². The van der Waals surface area contributed by atoms with Gasteiger partial charge in [-0.1, -0.05) is 27.0 Å². The fourth-order valence-corrected chi connectivity index (χ4v) is 2.95. The van der Waals surface area contributed by atoms with Gasteiger partial charge in [0.15, 0.2) is 11.5 Å². The van der Waals surface area contributed by atoms with Crippen molar-refractivity contribution in [1.29, 1.82) is 0 Å². The summed E-state index contributed by atoms with van der Waals surface area (Å²) in [7, 11) is 5.83. The number of anilines is 1. The molecule has 10 heteroatoms. The van der Waals surface area contributed by atoms with Crippen LogP contribution in [0.4, 0.5) is 14.6 Å². The number of ether oxygens (including phenoxy) is 4. The summed E-state index contributed by atoms with van der Waals surface area (Å²) < 4.78 is 46.8. The van der Waals surface area contributed by atoms with Crippen molar-refractivity contribution in [2.24, 2.45) is 0 Å². The first-order valence-electron chi connectivity index (χ1n) is 11.2. The second-order valence-electron chi connectivity index (χ2n) is 6.78. The highest BCUT2D eigenvalue weighted by molar-refractivity contribution is 5.94. The van der Waals surface area contributed by atoms with Gasteiger partial charge < -0.3 is 24.3 Å². The number of imidazole rings is 1. The monoisotopic (exact) mass is 517 g/mol. The maximum absolute atomic E-state index is 13.4. The molecule has 2 aromatic carbocycles. The fraction of sp³-hybridized carbons (Fsp3) is 0.259. The maximum Gasteiger partial charge on any atom is 0.359 e. The molecule has 0 aliphatic carbocycles. The Bertz CT molecular complexity index is 1180. The Kier molecular flexibility index (Phi) is 13.0. The van der Waals surface area contributed by atoms with Crippen LogP contribution in [0, 0.1) is 5.82 Å². The highest BCUT2D eigenvalue weighted by atomic mass is 19.1. The van der Waals surface area contributed by atoms with Crippen molar-refractivity contribution in [3.05, 3.63) is 84.6 Å². The summed E-state index contributed by atoms with van der Waals surface area (Å²) in [5.74, 6) is 0.0205. The molecule has 0 aliphatic rings. The SMILES string of the molecule is C=CC(=C)F.CC.COC(=O)c1c(NCc2ccc(OC)cc2OC)nc(OC)n1-c1ccc(F)cc1. The smallest absolute Gasteiger partial charge is 0.359 e. The number of carbonyl (C=O) groups is 1. The molecule has 0 atom stereocenters. The van der Waals surface area contributed by atoms with E-state index < -0.39 is 17.6 Å². The van der Waals surface area contributed by atoms with Gasteiger partial charge in [-0.25, -0.2) is 13.6 Å². The molecule has 1 heterocycles. The largest absolute Gasteiger partial charge is 0.497 e. The van der Waals surface area contributed by atoms with Gasteiger partial charge in [0.2, 0.25) is 0 Å².